The van der Waals surface area contributed by atoms with Crippen LogP contribution in [0.5, 0.6) is 5.75 Å². The largest absolute Gasteiger partial charge is 0.497 e. The summed E-state index contributed by atoms with van der Waals surface area (Å²) in [7, 11) is -0.969. The van der Waals surface area contributed by atoms with Crippen molar-refractivity contribution in [1.29, 1.82) is 0 Å². The van der Waals surface area contributed by atoms with Crippen molar-refractivity contribution in [2.45, 2.75) is 10.9 Å². The monoisotopic (exact) mass is 450 g/mol. The third kappa shape index (κ3) is 4.91. The molecule has 2 heterocycles. The number of methoxy groups -OCH3 is 1. The molecule has 1 aliphatic heterocycles. The molecule has 0 spiro atoms. The summed E-state index contributed by atoms with van der Waals surface area (Å²) in [5.41, 5.74) is 0.585. The Labute approximate surface area is 179 Å². The number of aromatic nitrogens is 1. The van der Waals surface area contributed by atoms with Gasteiger partial charge in [0.25, 0.3) is 0 Å². The molecule has 160 valence electrons. The van der Waals surface area contributed by atoms with Crippen molar-refractivity contribution in [3.05, 3.63) is 48.8 Å². The summed E-state index contributed by atoms with van der Waals surface area (Å²) in [5.74, 6) is 0.660. The second-order valence-corrected chi connectivity index (χ2v) is 9.59. The minimum Gasteiger partial charge on any atom is -0.497 e. The first-order valence-electron chi connectivity index (χ1n) is 9.01. The maximum Gasteiger partial charge on any atom is 0.248 e. The van der Waals surface area contributed by atoms with Crippen molar-refractivity contribution < 1.29 is 22.7 Å². The van der Waals surface area contributed by atoms with Crippen LogP contribution in [0, 0.1) is 0 Å². The third-order valence-electron chi connectivity index (χ3n) is 4.56. The van der Waals surface area contributed by atoms with Crippen LogP contribution in [0.4, 0.5) is 5.69 Å². The molecule has 11 heteroatoms. The highest BCUT2D eigenvalue weighted by Gasteiger charge is 2.36. The van der Waals surface area contributed by atoms with E-state index >= 15 is 0 Å². The van der Waals surface area contributed by atoms with Crippen LogP contribution in [-0.2, 0) is 19.6 Å². The van der Waals surface area contributed by atoms with Gasteiger partial charge < -0.3 is 15.0 Å². The molecule has 0 aliphatic carbocycles. The molecule has 3 rings (SSSR count). The highest BCUT2D eigenvalue weighted by Crippen LogP contribution is 2.24. The molecule has 1 unspecified atom stereocenters. The van der Waals surface area contributed by atoms with Crippen LogP contribution in [0.25, 0.3) is 0 Å². The first-order chi connectivity index (χ1) is 14.3. The molecule has 2 aromatic rings. The Kier molecular flexibility index (Phi) is 6.95. The Morgan fingerprint density at radius 1 is 1.30 bits per heavy atom. The van der Waals surface area contributed by atoms with E-state index in [0.29, 0.717) is 23.1 Å². The molecule has 9 nitrogen and oxygen atoms in total. The van der Waals surface area contributed by atoms with E-state index in [0.717, 1.165) is 4.31 Å². The Bertz CT molecular complexity index is 999. The number of nitrogens with zero attached hydrogens (tertiary/aromatic N) is 3. The highest BCUT2D eigenvalue weighted by atomic mass is 32.2. The van der Waals surface area contributed by atoms with Crippen LogP contribution in [0.2, 0.25) is 0 Å². The van der Waals surface area contributed by atoms with Gasteiger partial charge in [0.1, 0.15) is 16.7 Å². The Morgan fingerprint density at radius 3 is 2.67 bits per heavy atom. The lowest BCUT2D eigenvalue weighted by molar-refractivity contribution is -0.136. The van der Waals surface area contributed by atoms with Gasteiger partial charge in [-0.2, -0.15) is 4.31 Å². The van der Waals surface area contributed by atoms with E-state index in [9.17, 15) is 18.0 Å². The number of thioether (sulfide) groups is 1. The maximum atomic E-state index is 12.8. The van der Waals surface area contributed by atoms with Crippen LogP contribution >= 0.6 is 11.8 Å². The summed E-state index contributed by atoms with van der Waals surface area (Å²) in [6.07, 6.45) is 2.70. The van der Waals surface area contributed by atoms with Crippen molar-refractivity contribution in [3.63, 3.8) is 0 Å². The molecular weight excluding hydrogens is 428 g/mol. The van der Waals surface area contributed by atoms with Gasteiger partial charge in [0, 0.05) is 30.9 Å². The molecule has 1 atom stereocenters. The van der Waals surface area contributed by atoms with Crippen LogP contribution in [0.1, 0.15) is 0 Å². The van der Waals surface area contributed by atoms with E-state index in [1.807, 2.05) is 0 Å². The van der Waals surface area contributed by atoms with Gasteiger partial charge in [0.2, 0.25) is 21.8 Å². The normalized spacial score (nSPS) is 16.5. The number of amides is 2. The van der Waals surface area contributed by atoms with Gasteiger partial charge in [-0.15, -0.1) is 11.8 Å². The lowest BCUT2D eigenvalue weighted by Gasteiger charge is -2.25. The molecule has 0 saturated carbocycles. The van der Waals surface area contributed by atoms with Crippen molar-refractivity contribution in [1.82, 2.24) is 14.2 Å². The predicted octanol–water partition coefficient (Wildman–Crippen LogP) is 1.25. The van der Waals surface area contributed by atoms with Crippen LogP contribution in [0.3, 0.4) is 0 Å². The summed E-state index contributed by atoms with van der Waals surface area (Å²) in [6, 6.07) is 9.11. The first-order valence-corrected chi connectivity index (χ1v) is 11.6. The molecule has 1 aliphatic rings. The molecule has 30 heavy (non-hydrogen) atoms. The molecule has 2 amide bonds. The summed E-state index contributed by atoms with van der Waals surface area (Å²) >= 11 is 1.44. The third-order valence-corrected chi connectivity index (χ3v) is 7.36. The van der Waals surface area contributed by atoms with Gasteiger partial charge in [-0.05, 0) is 36.4 Å². The summed E-state index contributed by atoms with van der Waals surface area (Å²) in [4.78, 5) is 30.7. The van der Waals surface area contributed by atoms with E-state index < -0.39 is 22.0 Å². The minimum absolute atomic E-state index is 0.00453. The van der Waals surface area contributed by atoms with Gasteiger partial charge in [-0.3, -0.25) is 14.6 Å². The second-order valence-electron chi connectivity index (χ2n) is 6.55. The number of rotatable bonds is 7. The number of anilines is 1. The first kappa shape index (κ1) is 22.1. The number of carbonyl (C=O) groups is 2. The fraction of sp³-hybridized carbons (Fsp3) is 0.316. The van der Waals surface area contributed by atoms with Crippen molar-refractivity contribution in [3.8, 4) is 5.75 Å². The summed E-state index contributed by atoms with van der Waals surface area (Å²) in [6.45, 7) is -0.371. The van der Waals surface area contributed by atoms with Crippen LogP contribution < -0.4 is 10.1 Å². The Balaban J connectivity index is 1.65. The lowest BCUT2D eigenvalue weighted by atomic mass is 10.2. The maximum absolute atomic E-state index is 12.8. The van der Waals surface area contributed by atoms with Crippen LogP contribution in [0.15, 0.2) is 53.7 Å². The van der Waals surface area contributed by atoms with E-state index in [2.05, 4.69) is 10.3 Å². The standard InChI is InChI=1S/C19H22N4O5S2/c1-22(30(26,27)16-4-3-9-20-10-16)11-18(24)23-13-29-12-17(23)19(25)21-14-5-7-15(28-2)8-6-14/h3-10,17H,11-13H2,1-2H3,(H,21,25). The van der Waals surface area contributed by atoms with Crippen LogP contribution in [-0.4, -0.2) is 72.8 Å². The molecule has 1 saturated heterocycles. The predicted molar refractivity (Wildman–Crippen MR) is 114 cm³/mol. The van der Waals surface area contributed by atoms with Gasteiger partial charge in [-0.25, -0.2) is 8.42 Å². The zero-order chi connectivity index (χ0) is 21.7. The number of carbonyl (C=O) groups excluding carboxylic acids is 2. The topological polar surface area (TPSA) is 109 Å². The number of hydrogen-bond acceptors (Lipinski definition) is 7. The fourth-order valence-electron chi connectivity index (χ4n) is 2.85. The van der Waals surface area contributed by atoms with Gasteiger partial charge >= 0.3 is 0 Å². The zero-order valence-corrected chi connectivity index (χ0v) is 18.1. The van der Waals surface area contributed by atoms with E-state index in [1.165, 1.54) is 48.2 Å². The second kappa shape index (κ2) is 9.45. The molecular formula is C19H22N4O5S2. The Hall–Kier alpha value is -2.63. The quantitative estimate of drug-likeness (QED) is 0.676. The van der Waals surface area contributed by atoms with Crippen molar-refractivity contribution >= 4 is 39.3 Å². The average Bonchev–Trinajstić information content (AvgIpc) is 3.25. The number of pyridine rings is 1. The molecule has 1 aromatic heterocycles. The van der Waals surface area contributed by atoms with Gasteiger partial charge in [0.15, 0.2) is 0 Å². The molecule has 1 N–H and O–H groups in total. The van der Waals surface area contributed by atoms with Crippen molar-refractivity contribution in [2.75, 3.05) is 37.6 Å². The summed E-state index contributed by atoms with van der Waals surface area (Å²) < 4.78 is 31.3. The zero-order valence-electron chi connectivity index (χ0n) is 16.5. The van der Waals surface area contributed by atoms with E-state index in [4.69, 9.17) is 4.74 Å². The van der Waals surface area contributed by atoms with Gasteiger partial charge in [-0.1, -0.05) is 0 Å². The number of ether oxygens (including phenoxy) is 1. The molecule has 1 fully saturated rings. The smallest absolute Gasteiger partial charge is 0.248 e. The van der Waals surface area contributed by atoms with E-state index in [1.54, 1.807) is 31.4 Å². The minimum atomic E-state index is -3.85. The summed E-state index contributed by atoms with van der Waals surface area (Å²) in [5, 5.41) is 2.79. The number of sulfonamides is 1. The number of hydrogen-bond donors (Lipinski definition) is 1. The SMILES string of the molecule is COc1ccc(NC(=O)C2CSCN2C(=O)CN(C)S(=O)(=O)c2cccnc2)cc1. The number of nitrogens with one attached hydrogen (secondary N) is 1. The average molecular weight is 451 g/mol. The van der Waals surface area contributed by atoms with Gasteiger partial charge in [0.05, 0.1) is 19.5 Å². The molecule has 0 radical (unpaired) electrons. The molecule has 0 bridgehead atoms. The number of benzene rings is 1. The lowest BCUT2D eigenvalue weighted by Crippen LogP contribution is -2.48. The fourth-order valence-corrected chi connectivity index (χ4v) is 5.12. The Morgan fingerprint density at radius 2 is 2.03 bits per heavy atom. The molecule has 1 aromatic carbocycles. The van der Waals surface area contributed by atoms with E-state index in [-0.39, 0.29) is 17.3 Å². The van der Waals surface area contributed by atoms with Crippen molar-refractivity contribution in [2.24, 2.45) is 0 Å². The number of likely N-dealkylation sites (N-methyl/N-ethyl adjacent to an activating group) is 1. The highest BCUT2D eigenvalue weighted by molar-refractivity contribution is 7.99.